The number of rotatable bonds is 5. The Hall–Kier alpha value is -0.770. The van der Waals surface area contributed by atoms with Crippen molar-refractivity contribution in [2.24, 2.45) is 5.73 Å². The maximum absolute atomic E-state index is 11.5. The van der Waals surface area contributed by atoms with Crippen LogP contribution in [0.2, 0.25) is 0 Å². The van der Waals surface area contributed by atoms with Crippen molar-refractivity contribution < 1.29 is 4.79 Å². The molecule has 1 heterocycles. The number of carbonyl (C=O) groups is 1. The number of likely N-dealkylation sites (tertiary alicyclic amines) is 1. The van der Waals surface area contributed by atoms with Crippen LogP contribution in [0.3, 0.4) is 0 Å². The molecule has 0 aromatic heterocycles. The Morgan fingerprint density at radius 2 is 1.93 bits per heavy atom. The van der Waals surface area contributed by atoms with Gasteiger partial charge in [-0.1, -0.05) is 6.42 Å². The van der Waals surface area contributed by atoms with Crippen molar-refractivity contribution in [3.8, 4) is 0 Å². The van der Waals surface area contributed by atoms with E-state index in [1.807, 2.05) is 4.90 Å². The molecule has 2 amide bonds. The van der Waals surface area contributed by atoms with Gasteiger partial charge in [0.2, 0.25) is 0 Å². The highest BCUT2D eigenvalue weighted by atomic mass is 16.2. The molecule has 1 aliphatic rings. The fourth-order valence-corrected chi connectivity index (χ4v) is 1.67. The normalized spacial score (nSPS) is 15.9. The highest BCUT2D eigenvalue weighted by molar-refractivity contribution is 5.74. The molecule has 0 atom stereocenters. The maximum atomic E-state index is 11.5. The zero-order chi connectivity index (χ0) is 10.2. The quantitative estimate of drug-likeness (QED) is 0.647. The number of hydrogen-bond acceptors (Lipinski definition) is 2. The van der Waals surface area contributed by atoms with E-state index in [4.69, 9.17) is 5.73 Å². The lowest BCUT2D eigenvalue weighted by molar-refractivity contribution is 0.208. The average Bonchev–Trinajstić information content (AvgIpc) is 2.70. The van der Waals surface area contributed by atoms with Crippen molar-refractivity contribution in [2.45, 2.75) is 32.1 Å². The van der Waals surface area contributed by atoms with Crippen LogP contribution in [0.25, 0.3) is 0 Å². The molecule has 0 spiro atoms. The number of urea groups is 1. The number of unbranched alkanes of at least 4 members (excludes halogenated alkanes) is 2. The highest BCUT2D eigenvalue weighted by Crippen LogP contribution is 2.06. The summed E-state index contributed by atoms with van der Waals surface area (Å²) in [6, 6.07) is 0.107. The standard InChI is InChI=1S/C10H21N3O/c11-6-2-1-3-7-12-10(14)13-8-4-5-9-13/h1-9,11H2,(H,12,14). The summed E-state index contributed by atoms with van der Waals surface area (Å²) in [5.74, 6) is 0. The third-order valence-electron chi connectivity index (χ3n) is 2.55. The van der Waals surface area contributed by atoms with Crippen molar-refractivity contribution >= 4 is 6.03 Å². The van der Waals surface area contributed by atoms with E-state index < -0.39 is 0 Å². The third-order valence-corrected chi connectivity index (χ3v) is 2.55. The SMILES string of the molecule is NCCCCCNC(=O)N1CCCC1. The predicted octanol–water partition coefficient (Wildman–Crippen LogP) is 0.921. The third kappa shape index (κ3) is 3.96. The minimum absolute atomic E-state index is 0.107. The van der Waals surface area contributed by atoms with Crippen LogP contribution >= 0.6 is 0 Å². The Morgan fingerprint density at radius 1 is 1.21 bits per heavy atom. The molecule has 14 heavy (non-hydrogen) atoms. The van der Waals surface area contributed by atoms with E-state index in [0.717, 1.165) is 58.3 Å². The summed E-state index contributed by atoms with van der Waals surface area (Å²) in [6.07, 6.45) is 5.51. The van der Waals surface area contributed by atoms with Crippen LogP contribution < -0.4 is 11.1 Å². The fourth-order valence-electron chi connectivity index (χ4n) is 1.67. The monoisotopic (exact) mass is 199 g/mol. The van der Waals surface area contributed by atoms with E-state index >= 15 is 0 Å². The van der Waals surface area contributed by atoms with Crippen molar-refractivity contribution in [1.29, 1.82) is 0 Å². The molecule has 0 radical (unpaired) electrons. The zero-order valence-corrected chi connectivity index (χ0v) is 8.80. The Balaban J connectivity index is 1.97. The van der Waals surface area contributed by atoms with E-state index in [2.05, 4.69) is 5.32 Å². The molecule has 0 saturated carbocycles. The molecular formula is C10H21N3O. The van der Waals surface area contributed by atoms with E-state index in [1.54, 1.807) is 0 Å². The highest BCUT2D eigenvalue weighted by Gasteiger charge is 2.16. The molecule has 0 unspecified atom stereocenters. The molecule has 1 fully saturated rings. The number of nitrogens with one attached hydrogen (secondary N) is 1. The van der Waals surface area contributed by atoms with Crippen molar-refractivity contribution in [2.75, 3.05) is 26.2 Å². The molecule has 4 nitrogen and oxygen atoms in total. The second kappa shape index (κ2) is 6.65. The molecule has 4 heteroatoms. The van der Waals surface area contributed by atoms with E-state index in [9.17, 15) is 4.79 Å². The molecule has 82 valence electrons. The largest absolute Gasteiger partial charge is 0.338 e. The van der Waals surface area contributed by atoms with Crippen LogP contribution in [0, 0.1) is 0 Å². The van der Waals surface area contributed by atoms with Gasteiger partial charge < -0.3 is 16.0 Å². The van der Waals surface area contributed by atoms with Gasteiger partial charge in [0.15, 0.2) is 0 Å². The molecule has 0 aliphatic carbocycles. The minimum atomic E-state index is 0.107. The number of nitrogens with zero attached hydrogens (tertiary/aromatic N) is 1. The number of hydrogen-bond donors (Lipinski definition) is 2. The average molecular weight is 199 g/mol. The van der Waals surface area contributed by atoms with Gasteiger partial charge in [0.25, 0.3) is 0 Å². The predicted molar refractivity (Wildman–Crippen MR) is 57.1 cm³/mol. The van der Waals surface area contributed by atoms with Gasteiger partial charge in [-0.2, -0.15) is 0 Å². The topological polar surface area (TPSA) is 58.4 Å². The maximum Gasteiger partial charge on any atom is 0.317 e. The van der Waals surface area contributed by atoms with Gasteiger partial charge in [0.1, 0.15) is 0 Å². The Bertz CT molecular complexity index is 167. The van der Waals surface area contributed by atoms with Gasteiger partial charge >= 0.3 is 6.03 Å². The van der Waals surface area contributed by atoms with Gasteiger partial charge in [-0.15, -0.1) is 0 Å². The summed E-state index contributed by atoms with van der Waals surface area (Å²) in [7, 11) is 0. The van der Waals surface area contributed by atoms with Gasteiger partial charge in [-0.05, 0) is 32.2 Å². The lowest BCUT2D eigenvalue weighted by Crippen LogP contribution is -2.38. The van der Waals surface area contributed by atoms with Gasteiger partial charge in [0.05, 0.1) is 0 Å². The van der Waals surface area contributed by atoms with Crippen LogP contribution in [0.1, 0.15) is 32.1 Å². The smallest absolute Gasteiger partial charge is 0.317 e. The van der Waals surface area contributed by atoms with Crippen molar-refractivity contribution in [3.63, 3.8) is 0 Å². The first-order chi connectivity index (χ1) is 6.84. The Kier molecular flexibility index (Phi) is 5.37. The fraction of sp³-hybridized carbons (Fsp3) is 0.900. The molecule has 0 aromatic carbocycles. The molecular weight excluding hydrogens is 178 g/mol. The minimum Gasteiger partial charge on any atom is -0.338 e. The summed E-state index contributed by atoms with van der Waals surface area (Å²) >= 11 is 0. The zero-order valence-electron chi connectivity index (χ0n) is 8.80. The van der Waals surface area contributed by atoms with Crippen LogP contribution in [0.4, 0.5) is 4.79 Å². The van der Waals surface area contributed by atoms with E-state index in [1.165, 1.54) is 0 Å². The van der Waals surface area contributed by atoms with Crippen molar-refractivity contribution in [1.82, 2.24) is 10.2 Å². The molecule has 1 rings (SSSR count). The molecule has 1 saturated heterocycles. The summed E-state index contributed by atoms with van der Waals surface area (Å²) < 4.78 is 0. The van der Waals surface area contributed by atoms with E-state index in [0.29, 0.717) is 0 Å². The van der Waals surface area contributed by atoms with E-state index in [-0.39, 0.29) is 6.03 Å². The Labute approximate surface area is 85.8 Å². The van der Waals surface area contributed by atoms with Crippen molar-refractivity contribution in [3.05, 3.63) is 0 Å². The van der Waals surface area contributed by atoms with Gasteiger partial charge in [0, 0.05) is 19.6 Å². The second-order valence-electron chi connectivity index (χ2n) is 3.78. The first-order valence-corrected chi connectivity index (χ1v) is 5.57. The number of amides is 2. The molecule has 1 aliphatic heterocycles. The van der Waals surface area contributed by atoms with Gasteiger partial charge in [-0.3, -0.25) is 0 Å². The van der Waals surface area contributed by atoms with Crippen LogP contribution in [-0.2, 0) is 0 Å². The Morgan fingerprint density at radius 3 is 2.57 bits per heavy atom. The number of carbonyl (C=O) groups excluding carboxylic acids is 1. The summed E-state index contributed by atoms with van der Waals surface area (Å²) in [6.45, 7) is 3.39. The second-order valence-corrected chi connectivity index (χ2v) is 3.78. The van der Waals surface area contributed by atoms with Crippen LogP contribution in [0.5, 0.6) is 0 Å². The first kappa shape index (κ1) is 11.3. The summed E-state index contributed by atoms with van der Waals surface area (Å²) in [5, 5.41) is 2.93. The van der Waals surface area contributed by atoms with Gasteiger partial charge in [-0.25, -0.2) is 4.79 Å². The molecule has 0 aromatic rings. The van der Waals surface area contributed by atoms with Crippen LogP contribution in [-0.4, -0.2) is 37.1 Å². The lowest BCUT2D eigenvalue weighted by atomic mass is 10.2. The number of nitrogens with two attached hydrogens (primary N) is 1. The summed E-state index contributed by atoms with van der Waals surface area (Å²) in [5.41, 5.74) is 5.37. The summed E-state index contributed by atoms with van der Waals surface area (Å²) in [4.78, 5) is 13.4. The molecule has 3 N–H and O–H groups in total. The first-order valence-electron chi connectivity index (χ1n) is 5.57. The lowest BCUT2D eigenvalue weighted by Gasteiger charge is -2.15. The van der Waals surface area contributed by atoms with Crippen LogP contribution in [0.15, 0.2) is 0 Å². The molecule has 0 bridgehead atoms.